The fraction of sp³-hybridized carbons (Fsp3) is 0.222. The Morgan fingerprint density at radius 1 is 1.27 bits per heavy atom. The number of hydrogen-bond acceptors (Lipinski definition) is 0. The van der Waals surface area contributed by atoms with E-state index >= 15 is 0 Å². The molecule has 2 heterocycles. The number of aromatic amines is 1. The highest BCUT2D eigenvalue weighted by Gasteiger charge is 2.04. The number of rotatable bonds is 0. The Morgan fingerprint density at radius 3 is 2.91 bits per heavy atom. The summed E-state index contributed by atoms with van der Waals surface area (Å²) in [4.78, 5) is 3.18. The number of aryl methyl sites for hydroxylation is 2. The largest absolute Gasteiger partial charge is 0.284 e. The van der Waals surface area contributed by atoms with Crippen LogP contribution in [0.5, 0.6) is 0 Å². The van der Waals surface area contributed by atoms with Crippen molar-refractivity contribution in [3.05, 3.63) is 35.8 Å². The molecule has 0 unspecified atom stereocenters. The number of imidazole rings is 1. The van der Waals surface area contributed by atoms with E-state index in [9.17, 15) is 0 Å². The first kappa shape index (κ1) is 6.40. The number of aromatic nitrogens is 2. The summed E-state index contributed by atoms with van der Waals surface area (Å²) in [5.74, 6) is 0. The summed E-state index contributed by atoms with van der Waals surface area (Å²) >= 11 is 0. The fourth-order valence-electron chi connectivity index (χ4n) is 1.26. The number of nitrogens with zero attached hydrogens (tertiary/aromatic N) is 1. The minimum atomic E-state index is 1.15. The van der Waals surface area contributed by atoms with Crippen LogP contribution in [0.2, 0.25) is 0 Å². The molecule has 0 atom stereocenters. The molecule has 11 heavy (non-hydrogen) atoms. The predicted molar refractivity (Wildman–Crippen MR) is 43.4 cm³/mol. The fourth-order valence-corrected chi connectivity index (χ4v) is 1.26. The van der Waals surface area contributed by atoms with E-state index in [1.54, 1.807) is 0 Å². The first-order valence-corrected chi connectivity index (χ1v) is 3.73. The number of hydrogen-bond donors (Lipinski definition) is 1. The van der Waals surface area contributed by atoms with E-state index in [0.717, 1.165) is 5.65 Å². The number of pyridine rings is 1. The van der Waals surface area contributed by atoms with Gasteiger partial charge in [-0.15, -0.1) is 0 Å². The summed E-state index contributed by atoms with van der Waals surface area (Å²) in [5, 5.41) is 0. The molecule has 2 rings (SSSR count). The van der Waals surface area contributed by atoms with E-state index < -0.39 is 0 Å². The summed E-state index contributed by atoms with van der Waals surface area (Å²) in [5.41, 5.74) is 3.67. The second kappa shape index (κ2) is 2.09. The van der Waals surface area contributed by atoms with Crippen LogP contribution in [-0.2, 0) is 0 Å². The molecule has 56 valence electrons. The van der Waals surface area contributed by atoms with Crippen LogP contribution in [0.1, 0.15) is 11.3 Å². The molecule has 0 aliphatic heterocycles. The summed E-state index contributed by atoms with van der Waals surface area (Å²) in [6.45, 7) is 4.18. The average molecular weight is 147 g/mol. The third-order valence-corrected chi connectivity index (χ3v) is 1.91. The molecular weight excluding hydrogens is 136 g/mol. The lowest BCUT2D eigenvalue weighted by molar-refractivity contribution is -0.518. The van der Waals surface area contributed by atoms with Crippen molar-refractivity contribution < 1.29 is 4.40 Å². The Kier molecular flexibility index (Phi) is 1.22. The summed E-state index contributed by atoms with van der Waals surface area (Å²) < 4.78 is 2.15. The highest BCUT2D eigenvalue weighted by atomic mass is 15.0. The normalized spacial score (nSPS) is 10.7. The maximum absolute atomic E-state index is 3.18. The molecule has 0 aliphatic carbocycles. The molecule has 0 aliphatic rings. The van der Waals surface area contributed by atoms with E-state index in [2.05, 4.69) is 41.6 Å². The molecule has 0 fully saturated rings. The van der Waals surface area contributed by atoms with Gasteiger partial charge in [0.25, 0.3) is 5.65 Å². The Morgan fingerprint density at radius 2 is 2.09 bits per heavy atom. The topological polar surface area (TPSA) is 19.9 Å². The van der Waals surface area contributed by atoms with E-state index in [4.69, 9.17) is 0 Å². The van der Waals surface area contributed by atoms with Gasteiger partial charge in [0.15, 0.2) is 0 Å². The minimum absolute atomic E-state index is 1.15. The molecule has 0 bridgehead atoms. The van der Waals surface area contributed by atoms with Gasteiger partial charge in [-0.2, -0.15) is 0 Å². The van der Waals surface area contributed by atoms with Crippen LogP contribution in [0.15, 0.2) is 24.5 Å². The second-order valence-corrected chi connectivity index (χ2v) is 2.89. The van der Waals surface area contributed by atoms with Gasteiger partial charge >= 0.3 is 0 Å². The molecule has 0 saturated heterocycles. The minimum Gasteiger partial charge on any atom is -0.243 e. The zero-order valence-electron chi connectivity index (χ0n) is 6.76. The van der Waals surface area contributed by atoms with Gasteiger partial charge in [0.05, 0.1) is 6.20 Å². The van der Waals surface area contributed by atoms with Gasteiger partial charge in [-0.25, -0.2) is 9.38 Å². The van der Waals surface area contributed by atoms with Crippen LogP contribution in [0, 0.1) is 13.8 Å². The van der Waals surface area contributed by atoms with Gasteiger partial charge in [-0.3, -0.25) is 0 Å². The van der Waals surface area contributed by atoms with Crippen LogP contribution in [-0.4, -0.2) is 4.98 Å². The lowest BCUT2D eigenvalue weighted by Crippen LogP contribution is -2.21. The Hall–Kier alpha value is -1.31. The molecule has 2 heteroatoms. The highest BCUT2D eigenvalue weighted by molar-refractivity contribution is 5.30. The lowest BCUT2D eigenvalue weighted by atomic mass is 10.3. The third kappa shape index (κ3) is 0.909. The van der Waals surface area contributed by atoms with Crippen LogP contribution in [0.3, 0.4) is 0 Å². The van der Waals surface area contributed by atoms with Gasteiger partial charge in [0.1, 0.15) is 11.9 Å². The van der Waals surface area contributed by atoms with Crippen molar-refractivity contribution in [3.63, 3.8) is 0 Å². The first-order chi connectivity index (χ1) is 5.27. The van der Waals surface area contributed by atoms with Crippen molar-refractivity contribution in [1.29, 1.82) is 0 Å². The lowest BCUT2D eigenvalue weighted by Gasteiger charge is -1.89. The molecule has 2 aromatic rings. The van der Waals surface area contributed by atoms with E-state index in [-0.39, 0.29) is 0 Å². The molecule has 0 spiro atoms. The van der Waals surface area contributed by atoms with Crippen molar-refractivity contribution in [2.75, 3.05) is 0 Å². The van der Waals surface area contributed by atoms with Crippen molar-refractivity contribution in [2.45, 2.75) is 13.8 Å². The molecule has 0 saturated carbocycles. The van der Waals surface area contributed by atoms with Crippen LogP contribution < -0.4 is 4.40 Å². The van der Waals surface area contributed by atoms with E-state index in [0.29, 0.717) is 0 Å². The zero-order chi connectivity index (χ0) is 7.84. The molecule has 0 aromatic carbocycles. The smallest absolute Gasteiger partial charge is 0.243 e. The molecule has 1 N–H and O–H groups in total. The zero-order valence-corrected chi connectivity index (χ0v) is 6.76. The number of H-pyrrole nitrogens is 1. The Bertz CT molecular complexity index is 387. The summed E-state index contributed by atoms with van der Waals surface area (Å²) in [7, 11) is 0. The number of fused-ring (bicyclic) bond motifs is 1. The monoisotopic (exact) mass is 147 g/mol. The maximum atomic E-state index is 3.18. The second-order valence-electron chi connectivity index (χ2n) is 2.89. The van der Waals surface area contributed by atoms with Crippen molar-refractivity contribution >= 4 is 5.65 Å². The van der Waals surface area contributed by atoms with E-state index in [1.165, 1.54) is 11.3 Å². The molecular formula is C9H11N2+. The molecule has 0 radical (unpaired) electrons. The van der Waals surface area contributed by atoms with Gasteiger partial charge in [0.2, 0.25) is 0 Å². The van der Waals surface area contributed by atoms with Crippen molar-refractivity contribution in [3.8, 4) is 0 Å². The summed E-state index contributed by atoms with van der Waals surface area (Å²) in [6.07, 6.45) is 4.13. The van der Waals surface area contributed by atoms with Gasteiger partial charge < -0.3 is 0 Å². The van der Waals surface area contributed by atoms with Crippen LogP contribution in [0.25, 0.3) is 5.65 Å². The maximum Gasteiger partial charge on any atom is 0.284 e. The van der Waals surface area contributed by atoms with Gasteiger partial charge in [-0.05, 0) is 18.6 Å². The standard InChI is InChI=1S/C9H10N2/c1-7-3-4-9-10-5-8(2)11(9)6-7/h3-6H,1-2H3/p+1. The average Bonchev–Trinajstić information content (AvgIpc) is 2.33. The molecule has 2 aromatic heterocycles. The third-order valence-electron chi connectivity index (χ3n) is 1.91. The first-order valence-electron chi connectivity index (χ1n) is 3.73. The van der Waals surface area contributed by atoms with Crippen molar-refractivity contribution in [2.24, 2.45) is 0 Å². The quantitative estimate of drug-likeness (QED) is 0.543. The number of nitrogens with one attached hydrogen (secondary N) is 1. The van der Waals surface area contributed by atoms with Crippen LogP contribution >= 0.6 is 0 Å². The molecule has 2 nitrogen and oxygen atoms in total. The highest BCUT2D eigenvalue weighted by Crippen LogP contribution is 1.98. The van der Waals surface area contributed by atoms with Gasteiger partial charge in [-0.1, -0.05) is 0 Å². The molecule has 0 amide bonds. The van der Waals surface area contributed by atoms with Crippen molar-refractivity contribution in [1.82, 2.24) is 4.98 Å². The summed E-state index contributed by atoms with van der Waals surface area (Å²) in [6, 6.07) is 4.19. The predicted octanol–water partition coefficient (Wildman–Crippen LogP) is 1.37. The van der Waals surface area contributed by atoms with E-state index in [1.807, 2.05) is 6.20 Å². The van der Waals surface area contributed by atoms with Gasteiger partial charge in [0, 0.05) is 13.0 Å². The Balaban J connectivity index is 2.87. The van der Waals surface area contributed by atoms with Crippen LogP contribution in [0.4, 0.5) is 0 Å². The SMILES string of the molecule is Cc1ccc2[nH]cc(C)[n+]2c1. The Labute approximate surface area is 65.5 Å².